The number of carbonyl (C=O) groups excluding carboxylic acids is 1. The van der Waals surface area contributed by atoms with Gasteiger partial charge in [0.2, 0.25) is 0 Å². The van der Waals surface area contributed by atoms with Gasteiger partial charge in [0, 0.05) is 22.0 Å². The number of hydrogen-bond acceptors (Lipinski definition) is 3. The molecule has 1 aromatic heterocycles. The summed E-state index contributed by atoms with van der Waals surface area (Å²) in [6, 6.07) is 18.9. The average Bonchev–Trinajstić information content (AvgIpc) is 2.55. The van der Waals surface area contributed by atoms with Gasteiger partial charge in [0.05, 0.1) is 5.56 Å². The summed E-state index contributed by atoms with van der Waals surface area (Å²) >= 11 is 3.40. The molecule has 4 nitrogen and oxygen atoms in total. The number of benzene rings is 2. The lowest BCUT2D eigenvalue weighted by molar-refractivity contribution is 0.102. The maximum Gasteiger partial charge on any atom is 0.259 e. The zero-order chi connectivity index (χ0) is 16.9. The van der Waals surface area contributed by atoms with Crippen molar-refractivity contribution in [1.82, 2.24) is 4.98 Å². The van der Waals surface area contributed by atoms with Crippen molar-refractivity contribution in [1.29, 1.82) is 0 Å². The molecule has 0 bridgehead atoms. The van der Waals surface area contributed by atoms with Gasteiger partial charge in [-0.25, -0.2) is 4.98 Å². The van der Waals surface area contributed by atoms with Crippen LogP contribution < -0.4 is 10.6 Å². The lowest BCUT2D eigenvalue weighted by Crippen LogP contribution is -2.14. The molecule has 3 rings (SSSR count). The number of nitrogens with one attached hydrogen (secondary N) is 2. The molecule has 0 atom stereocenters. The fourth-order valence-electron chi connectivity index (χ4n) is 2.31. The summed E-state index contributed by atoms with van der Waals surface area (Å²) in [4.78, 5) is 16.9. The third kappa shape index (κ3) is 4.00. The van der Waals surface area contributed by atoms with Crippen molar-refractivity contribution < 1.29 is 4.79 Å². The van der Waals surface area contributed by atoms with E-state index in [1.54, 1.807) is 18.3 Å². The highest BCUT2D eigenvalue weighted by Gasteiger charge is 2.13. The molecule has 5 heteroatoms. The van der Waals surface area contributed by atoms with Gasteiger partial charge in [-0.3, -0.25) is 4.79 Å². The van der Waals surface area contributed by atoms with Gasteiger partial charge < -0.3 is 10.6 Å². The first kappa shape index (κ1) is 16.2. The van der Waals surface area contributed by atoms with Crippen molar-refractivity contribution in [3.05, 3.63) is 82.5 Å². The minimum atomic E-state index is -0.212. The van der Waals surface area contributed by atoms with Crippen LogP contribution in [0.4, 0.5) is 17.2 Å². The highest BCUT2D eigenvalue weighted by atomic mass is 79.9. The maximum absolute atomic E-state index is 12.6. The zero-order valence-corrected chi connectivity index (χ0v) is 14.7. The number of anilines is 3. The molecule has 0 aliphatic carbocycles. The van der Waals surface area contributed by atoms with E-state index in [-0.39, 0.29) is 5.91 Å². The Hall–Kier alpha value is -2.66. The summed E-state index contributed by atoms with van der Waals surface area (Å²) < 4.78 is 0.907. The van der Waals surface area contributed by atoms with Crippen LogP contribution in [0.5, 0.6) is 0 Å². The molecule has 1 amide bonds. The average molecular weight is 382 g/mol. The Morgan fingerprint density at radius 1 is 1.00 bits per heavy atom. The molecule has 0 aliphatic heterocycles. The van der Waals surface area contributed by atoms with Gasteiger partial charge in [-0.15, -0.1) is 0 Å². The maximum atomic E-state index is 12.6. The second-order valence-electron chi connectivity index (χ2n) is 5.36. The Labute approximate surface area is 149 Å². The van der Waals surface area contributed by atoms with Crippen molar-refractivity contribution in [2.45, 2.75) is 6.92 Å². The standard InChI is InChI=1S/C19H16BrN3O/c1-13-5-2-7-15(11-13)22-18-17(9-4-10-21-18)19(24)23-16-8-3-6-14(20)12-16/h2-12H,1H3,(H,21,22)(H,23,24). The van der Waals surface area contributed by atoms with E-state index in [9.17, 15) is 4.79 Å². The van der Waals surface area contributed by atoms with Crippen LogP contribution in [0.15, 0.2) is 71.3 Å². The van der Waals surface area contributed by atoms with E-state index in [4.69, 9.17) is 0 Å². The van der Waals surface area contributed by atoms with Crippen LogP contribution >= 0.6 is 15.9 Å². The summed E-state index contributed by atoms with van der Waals surface area (Å²) in [5.74, 6) is 0.312. The normalized spacial score (nSPS) is 10.2. The summed E-state index contributed by atoms with van der Waals surface area (Å²) in [5, 5.41) is 6.10. The molecule has 2 N–H and O–H groups in total. The third-order valence-corrected chi connectivity index (χ3v) is 3.91. The van der Waals surface area contributed by atoms with Crippen LogP contribution in [0.1, 0.15) is 15.9 Å². The summed E-state index contributed by atoms with van der Waals surface area (Å²) in [6.07, 6.45) is 1.66. The van der Waals surface area contributed by atoms with Crippen molar-refractivity contribution in [2.75, 3.05) is 10.6 Å². The molecule has 120 valence electrons. The number of pyridine rings is 1. The molecule has 0 saturated heterocycles. The van der Waals surface area contributed by atoms with Crippen LogP contribution in [0, 0.1) is 6.92 Å². The molecule has 0 fully saturated rings. The van der Waals surface area contributed by atoms with Crippen molar-refractivity contribution in [2.24, 2.45) is 0 Å². The van der Waals surface area contributed by atoms with E-state index < -0.39 is 0 Å². The monoisotopic (exact) mass is 381 g/mol. The Bertz CT molecular complexity index is 880. The lowest BCUT2D eigenvalue weighted by atomic mass is 10.2. The van der Waals surface area contributed by atoms with E-state index >= 15 is 0 Å². The van der Waals surface area contributed by atoms with Gasteiger partial charge in [-0.2, -0.15) is 0 Å². The van der Waals surface area contributed by atoms with Crippen LogP contribution in [-0.4, -0.2) is 10.9 Å². The van der Waals surface area contributed by atoms with Crippen LogP contribution in [0.3, 0.4) is 0 Å². The largest absolute Gasteiger partial charge is 0.340 e. The number of halogens is 1. The van der Waals surface area contributed by atoms with Crippen LogP contribution in [0.25, 0.3) is 0 Å². The Balaban J connectivity index is 1.84. The summed E-state index contributed by atoms with van der Waals surface area (Å²) in [7, 11) is 0. The Morgan fingerprint density at radius 3 is 2.58 bits per heavy atom. The van der Waals surface area contributed by atoms with Gasteiger partial charge in [0.15, 0.2) is 0 Å². The number of aromatic nitrogens is 1. The minimum Gasteiger partial charge on any atom is -0.340 e. The van der Waals surface area contributed by atoms with E-state index in [0.29, 0.717) is 11.4 Å². The SMILES string of the molecule is Cc1cccc(Nc2ncccc2C(=O)Nc2cccc(Br)c2)c1. The highest BCUT2D eigenvalue weighted by Crippen LogP contribution is 2.21. The summed E-state index contributed by atoms with van der Waals surface area (Å²) in [5.41, 5.74) is 3.24. The number of aryl methyl sites for hydroxylation is 1. The number of amides is 1. The third-order valence-electron chi connectivity index (χ3n) is 3.42. The van der Waals surface area contributed by atoms with Gasteiger partial charge in [0.1, 0.15) is 5.82 Å². The van der Waals surface area contributed by atoms with E-state index in [0.717, 1.165) is 21.4 Å². The first-order valence-electron chi connectivity index (χ1n) is 7.47. The van der Waals surface area contributed by atoms with Gasteiger partial charge in [-0.1, -0.05) is 34.1 Å². The molecule has 0 spiro atoms. The molecule has 24 heavy (non-hydrogen) atoms. The first-order valence-corrected chi connectivity index (χ1v) is 8.27. The van der Waals surface area contributed by atoms with Gasteiger partial charge in [0.25, 0.3) is 5.91 Å². The molecule has 0 unspecified atom stereocenters. The number of carbonyl (C=O) groups is 1. The van der Waals surface area contributed by atoms with E-state index in [2.05, 4.69) is 31.5 Å². The lowest BCUT2D eigenvalue weighted by Gasteiger charge is -2.12. The van der Waals surface area contributed by atoms with E-state index in [1.165, 1.54) is 0 Å². The fourth-order valence-corrected chi connectivity index (χ4v) is 2.71. The Morgan fingerprint density at radius 2 is 1.79 bits per heavy atom. The van der Waals surface area contributed by atoms with Crippen LogP contribution in [0.2, 0.25) is 0 Å². The molecule has 0 aliphatic rings. The smallest absolute Gasteiger partial charge is 0.259 e. The van der Waals surface area contributed by atoms with E-state index in [1.807, 2.05) is 55.5 Å². The number of rotatable bonds is 4. The van der Waals surface area contributed by atoms with Crippen LogP contribution in [-0.2, 0) is 0 Å². The minimum absolute atomic E-state index is 0.212. The van der Waals surface area contributed by atoms with Crippen molar-refractivity contribution in [3.8, 4) is 0 Å². The first-order chi connectivity index (χ1) is 11.6. The Kier molecular flexibility index (Phi) is 4.91. The molecule has 1 heterocycles. The zero-order valence-electron chi connectivity index (χ0n) is 13.1. The van der Waals surface area contributed by atoms with Gasteiger partial charge >= 0.3 is 0 Å². The molecular formula is C19H16BrN3O. The predicted molar refractivity (Wildman–Crippen MR) is 101 cm³/mol. The van der Waals surface area contributed by atoms with Crippen molar-refractivity contribution >= 4 is 39.0 Å². The molecule has 0 saturated carbocycles. The molecule has 3 aromatic rings. The number of hydrogen-bond donors (Lipinski definition) is 2. The highest BCUT2D eigenvalue weighted by molar-refractivity contribution is 9.10. The molecular weight excluding hydrogens is 366 g/mol. The predicted octanol–water partition coefficient (Wildman–Crippen LogP) is 5.15. The quantitative estimate of drug-likeness (QED) is 0.656. The summed E-state index contributed by atoms with van der Waals surface area (Å²) in [6.45, 7) is 2.02. The second kappa shape index (κ2) is 7.27. The topological polar surface area (TPSA) is 54.0 Å². The number of nitrogens with zero attached hydrogens (tertiary/aromatic N) is 1. The second-order valence-corrected chi connectivity index (χ2v) is 6.27. The molecule has 0 radical (unpaired) electrons. The fraction of sp³-hybridized carbons (Fsp3) is 0.0526. The molecule has 2 aromatic carbocycles. The van der Waals surface area contributed by atoms with Crippen molar-refractivity contribution in [3.63, 3.8) is 0 Å². The van der Waals surface area contributed by atoms with Gasteiger partial charge in [-0.05, 0) is 55.0 Å².